The van der Waals surface area contributed by atoms with E-state index in [1.807, 2.05) is 56.3 Å². The van der Waals surface area contributed by atoms with Crippen molar-refractivity contribution in [3.63, 3.8) is 0 Å². The van der Waals surface area contributed by atoms with E-state index in [4.69, 9.17) is 12.4 Å². The second-order valence-corrected chi connectivity index (χ2v) is 15.9. The predicted molar refractivity (Wildman–Crippen MR) is 154 cm³/mol. The van der Waals surface area contributed by atoms with Crippen LogP contribution in [0.5, 0.6) is 0 Å². The lowest BCUT2D eigenvalue weighted by Crippen LogP contribution is -2.45. The molecule has 0 saturated heterocycles. The highest BCUT2D eigenvalue weighted by atomic mass is 28.3. The Balaban J connectivity index is 1.89. The summed E-state index contributed by atoms with van der Waals surface area (Å²) in [7, 11) is 0.307. The third-order valence-electron chi connectivity index (χ3n) is 7.06. The summed E-state index contributed by atoms with van der Waals surface area (Å²) in [4.78, 5) is 3.82. The molecule has 0 atom stereocenters. The van der Waals surface area contributed by atoms with Crippen molar-refractivity contribution in [2.75, 3.05) is 0 Å². The van der Waals surface area contributed by atoms with E-state index in [1.165, 1.54) is 5.19 Å². The molecule has 0 aliphatic heterocycles. The highest BCUT2D eigenvalue weighted by Gasteiger charge is 2.29. The maximum Gasteiger partial charge on any atom is 0.216 e. The quantitative estimate of drug-likeness (QED) is 0.141. The Hall–Kier alpha value is -3.68. The van der Waals surface area contributed by atoms with Crippen LogP contribution in [0, 0.1) is 13.5 Å². The van der Waals surface area contributed by atoms with Crippen LogP contribution in [0.1, 0.15) is 32.2 Å². The molecule has 5 rings (SSSR count). The van der Waals surface area contributed by atoms with Gasteiger partial charge in [0.1, 0.15) is 18.2 Å². The third-order valence-corrected chi connectivity index (χ3v) is 9.09. The number of rotatable bonds is 4. The van der Waals surface area contributed by atoms with Gasteiger partial charge in [-0.25, -0.2) is 9.41 Å². The molecule has 0 amide bonds. The van der Waals surface area contributed by atoms with Crippen molar-refractivity contribution in [3.05, 3.63) is 89.4 Å². The largest absolute Gasteiger partial charge is 0.456 e. The molecule has 3 aromatic carbocycles. The fourth-order valence-electron chi connectivity index (χ4n) is 5.20. The lowest BCUT2D eigenvalue weighted by atomic mass is 9.97. The smallest absolute Gasteiger partial charge is 0.216 e. The first kappa shape index (κ1) is 22.8. The van der Waals surface area contributed by atoms with Crippen molar-refractivity contribution >= 4 is 40.9 Å². The maximum atomic E-state index is 8.82. The van der Waals surface area contributed by atoms with E-state index in [2.05, 4.69) is 67.4 Å². The summed E-state index contributed by atoms with van der Waals surface area (Å²) in [6, 6.07) is 20.5. The highest BCUT2D eigenvalue weighted by Crippen LogP contribution is 2.44. The van der Waals surface area contributed by atoms with Gasteiger partial charge >= 0.3 is 0 Å². The van der Waals surface area contributed by atoms with E-state index < -0.39 is 14.0 Å². The Kier molecular flexibility index (Phi) is 5.54. The van der Waals surface area contributed by atoms with E-state index in [0.717, 1.165) is 55.4 Å². The number of benzene rings is 3. The molecule has 2 aromatic heterocycles. The van der Waals surface area contributed by atoms with Gasteiger partial charge in [0.2, 0.25) is 5.69 Å². The predicted octanol–water partition coefficient (Wildman–Crippen LogP) is 8.27. The normalized spacial score (nSPS) is 12.7. The van der Waals surface area contributed by atoms with Gasteiger partial charge < -0.3 is 4.42 Å². The fraction of sp³-hybridized carbons (Fsp3) is 0.250. The zero-order valence-electron chi connectivity index (χ0n) is 23.2. The van der Waals surface area contributed by atoms with Crippen LogP contribution in [-0.4, -0.2) is 8.07 Å². The highest BCUT2D eigenvalue weighted by molar-refractivity contribution is 6.89. The van der Waals surface area contributed by atoms with Gasteiger partial charge in [0, 0.05) is 29.3 Å². The molecule has 4 heteroatoms. The summed E-state index contributed by atoms with van der Waals surface area (Å²) in [5.74, 6) is -0.687. The van der Waals surface area contributed by atoms with Gasteiger partial charge in [-0.05, 0) is 29.1 Å². The summed E-state index contributed by atoms with van der Waals surface area (Å²) in [6.45, 7) is 20.9. The van der Waals surface area contributed by atoms with E-state index in [1.54, 1.807) is 0 Å². The molecule has 0 bridgehead atoms. The first-order valence-corrected chi connectivity index (χ1v) is 15.9. The Morgan fingerprint density at radius 3 is 2.19 bits per heavy atom. The molecule has 3 nitrogen and oxygen atoms in total. The van der Waals surface area contributed by atoms with Crippen LogP contribution in [0.15, 0.2) is 71.3 Å². The molecular weight excluding hydrogens is 456 g/mol. The number of fused-ring (bicyclic) bond motifs is 3. The molecule has 5 aromatic rings. The van der Waals surface area contributed by atoms with Crippen molar-refractivity contribution < 1.29 is 10.4 Å². The van der Waals surface area contributed by atoms with E-state index >= 15 is 0 Å². The number of aryl methyl sites for hydroxylation is 2. The maximum absolute atomic E-state index is 8.82. The molecule has 2 heterocycles. The van der Waals surface area contributed by atoms with Gasteiger partial charge in [-0.1, -0.05) is 88.1 Å². The van der Waals surface area contributed by atoms with Crippen LogP contribution in [0.4, 0.5) is 5.69 Å². The summed E-state index contributed by atoms with van der Waals surface area (Å²) >= 11 is 0. The molecule has 0 aliphatic rings. The van der Waals surface area contributed by atoms with Crippen LogP contribution in [0.25, 0.3) is 49.2 Å². The van der Waals surface area contributed by atoms with Crippen molar-refractivity contribution in [1.82, 2.24) is 0 Å². The number of aromatic nitrogens is 1. The van der Waals surface area contributed by atoms with E-state index in [0.29, 0.717) is 5.69 Å². The molecule has 0 unspecified atom stereocenters. The van der Waals surface area contributed by atoms with Crippen molar-refractivity contribution in [2.45, 2.75) is 46.3 Å². The topological polar surface area (TPSA) is 21.4 Å². The number of nitrogens with zero attached hydrogens (tertiary/aromatic N) is 2. The molecule has 0 spiro atoms. The van der Waals surface area contributed by atoms with Crippen molar-refractivity contribution in [3.8, 4) is 22.4 Å². The summed E-state index contributed by atoms with van der Waals surface area (Å²) in [5.41, 5.74) is 8.35. The average molecular weight is 491 g/mol. The van der Waals surface area contributed by atoms with Gasteiger partial charge in [-0.15, -0.1) is 0 Å². The SMILES string of the molecule is [2H]C(C)(C)c1c[n+](C)c(-c2c(C)ccc3c2oc2c(-c4ccccc4)c([N+]#[C-])ccc23)cc1[Si](C)(C)C. The zero-order valence-corrected chi connectivity index (χ0v) is 23.2. The first-order chi connectivity index (χ1) is 17.4. The molecular formula is C32H33N2OSi+. The van der Waals surface area contributed by atoms with E-state index in [9.17, 15) is 0 Å². The molecule has 0 fully saturated rings. The van der Waals surface area contributed by atoms with Gasteiger partial charge in [-0.3, -0.25) is 0 Å². The Morgan fingerprint density at radius 1 is 0.944 bits per heavy atom. The van der Waals surface area contributed by atoms with Crippen molar-refractivity contribution in [1.29, 1.82) is 0 Å². The van der Waals surface area contributed by atoms with Gasteiger partial charge in [0.15, 0.2) is 11.9 Å². The Bertz CT molecular complexity index is 1710. The number of furan rings is 1. The Labute approximate surface area is 216 Å². The van der Waals surface area contributed by atoms with Crippen LogP contribution in [-0.2, 0) is 7.05 Å². The second-order valence-electron chi connectivity index (χ2n) is 10.9. The monoisotopic (exact) mass is 490 g/mol. The van der Waals surface area contributed by atoms with Gasteiger partial charge in [0.25, 0.3) is 0 Å². The minimum absolute atomic E-state index is 0.588. The number of pyridine rings is 1. The minimum atomic E-state index is -1.75. The fourth-order valence-corrected chi connectivity index (χ4v) is 6.90. The molecule has 0 radical (unpaired) electrons. The average Bonchev–Trinajstić information content (AvgIpc) is 3.21. The molecule has 0 N–H and O–H groups in total. The van der Waals surface area contributed by atoms with Crippen LogP contribution in [0.2, 0.25) is 19.6 Å². The van der Waals surface area contributed by atoms with E-state index in [-0.39, 0.29) is 0 Å². The lowest BCUT2D eigenvalue weighted by molar-refractivity contribution is -0.660. The van der Waals surface area contributed by atoms with Crippen LogP contribution < -0.4 is 9.75 Å². The minimum Gasteiger partial charge on any atom is -0.456 e. The summed E-state index contributed by atoms with van der Waals surface area (Å²) in [6.07, 6.45) is 2.14. The summed E-state index contributed by atoms with van der Waals surface area (Å²) < 4.78 is 17.7. The van der Waals surface area contributed by atoms with Gasteiger partial charge in [-0.2, -0.15) is 0 Å². The number of hydrogen-bond donors (Lipinski definition) is 0. The second kappa shape index (κ2) is 8.76. The molecule has 0 saturated carbocycles. The number of hydrogen-bond acceptors (Lipinski definition) is 1. The first-order valence-electron chi connectivity index (χ1n) is 12.9. The zero-order chi connectivity index (χ0) is 26.7. The molecule has 0 aliphatic carbocycles. The molecule has 180 valence electrons. The van der Waals surface area contributed by atoms with Crippen LogP contribution in [0.3, 0.4) is 0 Å². The van der Waals surface area contributed by atoms with Gasteiger partial charge in [0.05, 0.1) is 20.2 Å². The van der Waals surface area contributed by atoms with Crippen LogP contribution >= 0.6 is 0 Å². The Morgan fingerprint density at radius 2 is 1.58 bits per heavy atom. The molecule has 36 heavy (non-hydrogen) atoms. The van der Waals surface area contributed by atoms with Crippen molar-refractivity contribution in [2.24, 2.45) is 7.05 Å². The lowest BCUT2D eigenvalue weighted by Gasteiger charge is -2.22. The summed E-state index contributed by atoms with van der Waals surface area (Å²) in [5, 5.41) is 3.36. The third kappa shape index (κ3) is 3.85. The standard InChI is InChI=1S/C32H33N2OSi/c1-20(2)25-19-34(5)27(18-28(25)36(6,7)8)29-21(3)14-15-23-24-16-17-26(33-4)30(32(24)35-31(23)29)22-12-10-9-11-13-22/h9-20H,1-3,5-8H3/q+1/i20D.